The Morgan fingerprint density at radius 3 is 2.27 bits per heavy atom. The van der Waals surface area contributed by atoms with Crippen molar-refractivity contribution in [2.75, 3.05) is 56.6 Å². The molecular weight excluding hydrogens is 829 g/mol. The van der Waals surface area contributed by atoms with Crippen molar-refractivity contribution in [1.29, 1.82) is 0 Å². The van der Waals surface area contributed by atoms with Gasteiger partial charge in [0.1, 0.15) is 11.4 Å². The summed E-state index contributed by atoms with van der Waals surface area (Å²) in [6.45, 7) is 12.7. The Kier molecular flexibility index (Phi) is 13.4. The number of nitrogens with one attached hydrogen (secondary N) is 2. The summed E-state index contributed by atoms with van der Waals surface area (Å²) in [6, 6.07) is 29.0. The van der Waals surface area contributed by atoms with Gasteiger partial charge in [-0.1, -0.05) is 50.2 Å². The quantitative estimate of drug-likeness (QED) is 0.0824. The highest BCUT2D eigenvalue weighted by atomic mass is 32.2. The van der Waals surface area contributed by atoms with Crippen LogP contribution in [0.1, 0.15) is 111 Å². The van der Waals surface area contributed by atoms with Gasteiger partial charge >= 0.3 is 0 Å². The molecule has 2 saturated carbocycles. The second kappa shape index (κ2) is 18.8. The molecule has 14 heteroatoms. The number of carbonyl (C=O) groups is 1. The molecule has 4 aromatic rings. The number of sulfonamides is 1. The summed E-state index contributed by atoms with van der Waals surface area (Å²) in [6.07, 6.45) is 7.47. The lowest BCUT2D eigenvalue weighted by atomic mass is 9.59. The molecule has 0 bridgehead atoms. The lowest BCUT2D eigenvalue weighted by molar-refractivity contribution is -0.384. The molecular formula is C50H64N6O7S. The van der Waals surface area contributed by atoms with E-state index in [2.05, 4.69) is 75.0 Å². The van der Waals surface area contributed by atoms with Gasteiger partial charge in [0, 0.05) is 75.2 Å². The maximum absolute atomic E-state index is 13.3. The standard InChI is InChI=1S/C50H64N6O7S/c1-35(2)43-7-5-6-8-44(43)47-34-53(33-37-9-15-41(63-4)16-10-37)27-28-55(47)40-30-50(31-40)23-25-54(26-24-50)39-13-11-38(12-14-39)48(57)52-64(61,62)42-17-18-45(46(29-42)56(59)60)51-32-36-19-21-49(3,58)22-20-36/h5-18,29,35-36,40,47,51,58H,19-28,30-34H2,1-4H3,(H,52,57)/t36?,47-,49?/m0/s1. The number of ether oxygens (including phenoxy) is 1. The number of piperazine rings is 1. The van der Waals surface area contributed by atoms with Crippen LogP contribution in [0.4, 0.5) is 17.1 Å². The van der Waals surface area contributed by atoms with E-state index >= 15 is 0 Å². The number of anilines is 2. The van der Waals surface area contributed by atoms with Crippen molar-refractivity contribution in [2.45, 2.75) is 107 Å². The minimum atomic E-state index is -4.40. The van der Waals surface area contributed by atoms with Crippen molar-refractivity contribution < 1.29 is 28.0 Å². The molecule has 3 N–H and O–H groups in total. The van der Waals surface area contributed by atoms with Crippen LogP contribution in [0.5, 0.6) is 5.75 Å². The van der Waals surface area contributed by atoms with Crippen LogP contribution >= 0.6 is 0 Å². The summed E-state index contributed by atoms with van der Waals surface area (Å²) in [5, 5.41) is 25.3. The molecule has 1 amide bonds. The van der Waals surface area contributed by atoms with Crippen molar-refractivity contribution in [2.24, 2.45) is 11.3 Å². The van der Waals surface area contributed by atoms with Crippen LogP contribution in [0, 0.1) is 21.4 Å². The number of carbonyl (C=O) groups excluding carboxylic acids is 1. The fourth-order valence-corrected chi connectivity index (χ4v) is 11.7. The van der Waals surface area contributed by atoms with E-state index in [-0.39, 0.29) is 27.8 Å². The number of aliphatic hydroxyl groups is 1. The molecule has 2 aliphatic heterocycles. The largest absolute Gasteiger partial charge is 0.497 e. The summed E-state index contributed by atoms with van der Waals surface area (Å²) in [4.78, 5) is 32.0. The average Bonchev–Trinajstić information content (AvgIpc) is 3.28. The molecule has 8 rings (SSSR count). The highest BCUT2D eigenvalue weighted by molar-refractivity contribution is 7.90. The zero-order chi connectivity index (χ0) is 45.2. The number of rotatable bonds is 14. The first-order valence-electron chi connectivity index (χ1n) is 23.0. The Bertz CT molecular complexity index is 2380. The van der Waals surface area contributed by atoms with Crippen LogP contribution in [0.25, 0.3) is 0 Å². The molecule has 1 spiro atoms. The fraction of sp³-hybridized carbons (Fsp3) is 0.500. The van der Waals surface area contributed by atoms with Crippen molar-refractivity contribution in [1.82, 2.24) is 14.5 Å². The lowest BCUT2D eigenvalue weighted by Crippen LogP contribution is -2.60. The van der Waals surface area contributed by atoms with Gasteiger partial charge in [-0.3, -0.25) is 24.7 Å². The summed E-state index contributed by atoms with van der Waals surface area (Å²) in [7, 11) is -2.70. The first kappa shape index (κ1) is 45.5. The van der Waals surface area contributed by atoms with Gasteiger partial charge in [-0.15, -0.1) is 0 Å². The molecule has 4 aromatic carbocycles. The smallest absolute Gasteiger partial charge is 0.293 e. The van der Waals surface area contributed by atoms with E-state index in [1.54, 1.807) is 19.2 Å². The Morgan fingerprint density at radius 1 is 0.922 bits per heavy atom. The highest BCUT2D eigenvalue weighted by Crippen LogP contribution is 2.53. The van der Waals surface area contributed by atoms with Gasteiger partial charge in [-0.05, 0) is 141 Å². The van der Waals surface area contributed by atoms with E-state index in [4.69, 9.17) is 4.74 Å². The fourth-order valence-electron chi connectivity index (χ4n) is 10.7. The van der Waals surface area contributed by atoms with Gasteiger partial charge in [0.05, 0.1) is 22.5 Å². The van der Waals surface area contributed by atoms with Gasteiger partial charge in [0.15, 0.2) is 0 Å². The third kappa shape index (κ3) is 10.3. The Labute approximate surface area is 378 Å². The number of benzene rings is 4. The molecule has 4 aliphatic rings. The second-order valence-corrected chi connectivity index (χ2v) is 21.1. The van der Waals surface area contributed by atoms with E-state index in [1.807, 2.05) is 31.2 Å². The van der Waals surface area contributed by atoms with E-state index in [9.17, 15) is 28.4 Å². The molecule has 0 radical (unpaired) electrons. The maximum Gasteiger partial charge on any atom is 0.293 e. The number of amides is 1. The van der Waals surface area contributed by atoms with Crippen molar-refractivity contribution >= 4 is 33.0 Å². The van der Waals surface area contributed by atoms with Crippen molar-refractivity contribution in [3.8, 4) is 5.75 Å². The summed E-state index contributed by atoms with van der Waals surface area (Å²) in [5.74, 6) is 0.751. The van der Waals surface area contributed by atoms with Crippen LogP contribution in [0.15, 0.2) is 95.9 Å². The van der Waals surface area contributed by atoms with E-state index in [0.717, 1.165) is 82.5 Å². The zero-order valence-corrected chi connectivity index (χ0v) is 38.5. The van der Waals surface area contributed by atoms with Crippen LogP contribution in [-0.2, 0) is 16.6 Å². The number of methoxy groups -OCH3 is 1. The van der Waals surface area contributed by atoms with Gasteiger partial charge < -0.3 is 20.1 Å². The molecule has 64 heavy (non-hydrogen) atoms. The van der Waals surface area contributed by atoms with E-state index < -0.39 is 26.5 Å². The molecule has 4 fully saturated rings. The normalized spacial score (nSPS) is 23.1. The Morgan fingerprint density at radius 2 is 1.61 bits per heavy atom. The summed E-state index contributed by atoms with van der Waals surface area (Å²) < 4.78 is 34.1. The summed E-state index contributed by atoms with van der Waals surface area (Å²) in [5.41, 5.74) is 4.80. The molecule has 1 atom stereocenters. The van der Waals surface area contributed by atoms with Gasteiger partial charge in [0.2, 0.25) is 0 Å². The molecule has 2 aliphatic carbocycles. The molecule has 342 valence electrons. The topological polar surface area (TPSA) is 158 Å². The van der Waals surface area contributed by atoms with Crippen molar-refractivity contribution in [3.05, 3.63) is 123 Å². The predicted octanol–water partition coefficient (Wildman–Crippen LogP) is 8.51. The third-order valence-electron chi connectivity index (χ3n) is 14.6. The average molecular weight is 893 g/mol. The number of hydrogen-bond donors (Lipinski definition) is 3. The van der Waals surface area contributed by atoms with Crippen LogP contribution < -0.4 is 19.7 Å². The monoisotopic (exact) mass is 892 g/mol. The Balaban J connectivity index is 0.854. The first-order valence-corrected chi connectivity index (χ1v) is 24.5. The second-order valence-electron chi connectivity index (χ2n) is 19.4. The van der Waals surface area contributed by atoms with Crippen LogP contribution in [0.3, 0.4) is 0 Å². The Hall–Kier alpha value is -5.02. The molecule has 2 saturated heterocycles. The summed E-state index contributed by atoms with van der Waals surface area (Å²) >= 11 is 0. The van der Waals surface area contributed by atoms with E-state index in [1.165, 1.54) is 41.7 Å². The molecule has 2 heterocycles. The minimum Gasteiger partial charge on any atom is -0.497 e. The van der Waals surface area contributed by atoms with Crippen LogP contribution in [-0.4, -0.2) is 92.2 Å². The molecule has 0 aromatic heterocycles. The van der Waals surface area contributed by atoms with Gasteiger partial charge in [0.25, 0.3) is 21.6 Å². The number of piperidine rings is 1. The number of hydrogen-bond acceptors (Lipinski definition) is 11. The SMILES string of the molecule is COc1ccc(CN2CCN(C3CC4(CCN(c5ccc(C(=O)NS(=O)(=O)c6ccc(NCC7CCC(C)(O)CC7)c([N+](=O)[O-])c6)cc5)CC4)C3)[C@H](c3ccccc3C(C)C)C2)cc1. The highest BCUT2D eigenvalue weighted by Gasteiger charge is 2.50. The number of nitro benzene ring substituents is 1. The van der Waals surface area contributed by atoms with Gasteiger partial charge in [-0.25, -0.2) is 13.1 Å². The lowest BCUT2D eigenvalue weighted by Gasteiger charge is -2.58. The van der Waals surface area contributed by atoms with Crippen molar-refractivity contribution in [3.63, 3.8) is 0 Å². The zero-order valence-electron chi connectivity index (χ0n) is 37.7. The predicted molar refractivity (Wildman–Crippen MR) is 250 cm³/mol. The van der Waals surface area contributed by atoms with Crippen LogP contribution in [0.2, 0.25) is 0 Å². The number of nitrogens with zero attached hydrogens (tertiary/aromatic N) is 4. The van der Waals surface area contributed by atoms with E-state index in [0.29, 0.717) is 42.8 Å². The third-order valence-corrected chi connectivity index (χ3v) is 16.0. The minimum absolute atomic E-state index is 0.180. The molecule has 13 nitrogen and oxygen atoms in total. The van der Waals surface area contributed by atoms with Gasteiger partial charge in [-0.2, -0.15) is 0 Å². The maximum atomic E-state index is 13.3. The molecule has 0 unspecified atom stereocenters. The number of nitro groups is 1. The first-order chi connectivity index (χ1) is 30.6.